The lowest BCUT2D eigenvalue weighted by Gasteiger charge is -2.23. The molecule has 2 aromatic rings. The molecule has 0 spiro atoms. The van der Waals surface area contributed by atoms with E-state index in [-0.39, 0.29) is 17.9 Å². The highest BCUT2D eigenvalue weighted by atomic mass is 32.2. The topological polar surface area (TPSA) is 110 Å². The smallest absolute Gasteiger partial charge is 0.271 e. The Labute approximate surface area is 155 Å². The molecule has 2 rings (SSSR count). The van der Waals surface area contributed by atoms with E-state index in [0.29, 0.717) is 11.1 Å². The van der Waals surface area contributed by atoms with Crippen LogP contribution in [0.5, 0.6) is 0 Å². The summed E-state index contributed by atoms with van der Waals surface area (Å²) in [7, 11) is -3.88. The maximum Gasteiger partial charge on any atom is 0.271 e. The molecule has 10 heteroatoms. The van der Waals surface area contributed by atoms with Crippen LogP contribution in [0.15, 0.2) is 42.5 Å². The monoisotopic (exact) mass is 395 g/mol. The Bertz CT molecular complexity index is 978. The van der Waals surface area contributed by atoms with E-state index in [9.17, 15) is 27.7 Å². The summed E-state index contributed by atoms with van der Waals surface area (Å²) in [4.78, 5) is 22.5. The van der Waals surface area contributed by atoms with Crippen molar-refractivity contribution in [3.63, 3.8) is 0 Å². The summed E-state index contributed by atoms with van der Waals surface area (Å²) in [5.74, 6) is -1.08. The first-order chi connectivity index (χ1) is 12.6. The summed E-state index contributed by atoms with van der Waals surface area (Å²) in [5, 5.41) is 13.5. The van der Waals surface area contributed by atoms with Gasteiger partial charge in [0, 0.05) is 18.7 Å². The van der Waals surface area contributed by atoms with Gasteiger partial charge in [-0.2, -0.15) is 0 Å². The van der Waals surface area contributed by atoms with Gasteiger partial charge < -0.3 is 5.32 Å². The number of nitrogens with one attached hydrogen (secondary N) is 1. The van der Waals surface area contributed by atoms with Gasteiger partial charge in [0.1, 0.15) is 12.4 Å². The van der Waals surface area contributed by atoms with E-state index in [0.717, 1.165) is 16.6 Å². The number of halogens is 1. The normalized spacial score (nSPS) is 11.1. The molecular formula is C17H18FN3O5S. The number of sulfonamides is 1. The van der Waals surface area contributed by atoms with E-state index in [1.165, 1.54) is 30.3 Å². The molecule has 0 aliphatic heterocycles. The molecule has 0 radical (unpaired) electrons. The van der Waals surface area contributed by atoms with Crippen molar-refractivity contribution in [1.29, 1.82) is 0 Å². The third-order valence-electron chi connectivity index (χ3n) is 3.74. The second-order valence-electron chi connectivity index (χ2n) is 5.90. The van der Waals surface area contributed by atoms with Gasteiger partial charge in [0.15, 0.2) is 0 Å². The standard InChI is InChI=1S/C17H18FN3O5S/c1-12-6-7-15(21(23)24)9-16(12)20(27(2,25)26)11-17(22)19-10-13-4-3-5-14(18)8-13/h3-9H,10-11H2,1-2H3,(H,19,22). The van der Waals surface area contributed by atoms with Crippen LogP contribution < -0.4 is 9.62 Å². The van der Waals surface area contributed by atoms with E-state index in [1.807, 2.05) is 0 Å². The summed E-state index contributed by atoms with van der Waals surface area (Å²) in [5.41, 5.74) is 0.738. The molecule has 0 saturated heterocycles. The lowest BCUT2D eigenvalue weighted by Crippen LogP contribution is -2.40. The van der Waals surface area contributed by atoms with Crippen LogP contribution in [0.2, 0.25) is 0 Å². The van der Waals surface area contributed by atoms with Crippen LogP contribution in [0, 0.1) is 22.9 Å². The van der Waals surface area contributed by atoms with Crippen molar-refractivity contribution >= 4 is 27.3 Å². The molecule has 8 nitrogen and oxygen atoms in total. The van der Waals surface area contributed by atoms with Crippen LogP contribution >= 0.6 is 0 Å². The molecule has 0 aromatic heterocycles. The first-order valence-corrected chi connectivity index (χ1v) is 9.66. The molecule has 0 unspecified atom stereocenters. The van der Waals surface area contributed by atoms with Crippen molar-refractivity contribution in [2.24, 2.45) is 0 Å². The predicted molar refractivity (Wildman–Crippen MR) is 98.3 cm³/mol. The fourth-order valence-electron chi connectivity index (χ4n) is 2.40. The molecule has 0 aliphatic carbocycles. The Morgan fingerprint density at radius 1 is 1.26 bits per heavy atom. The number of non-ortho nitro benzene ring substituents is 1. The number of benzene rings is 2. The van der Waals surface area contributed by atoms with Crippen LogP contribution in [0.25, 0.3) is 0 Å². The van der Waals surface area contributed by atoms with Crippen molar-refractivity contribution in [2.75, 3.05) is 17.1 Å². The maximum absolute atomic E-state index is 13.2. The van der Waals surface area contributed by atoms with Gasteiger partial charge in [0.05, 0.1) is 16.9 Å². The number of nitro benzene ring substituents is 1. The van der Waals surface area contributed by atoms with Gasteiger partial charge in [-0.05, 0) is 30.2 Å². The molecule has 2 aromatic carbocycles. The number of nitro groups is 1. The zero-order valence-corrected chi connectivity index (χ0v) is 15.5. The van der Waals surface area contributed by atoms with Gasteiger partial charge in [0.25, 0.3) is 5.69 Å². The minimum absolute atomic E-state index is 0.0160. The van der Waals surface area contributed by atoms with Gasteiger partial charge in [-0.3, -0.25) is 19.2 Å². The highest BCUT2D eigenvalue weighted by Crippen LogP contribution is 2.27. The molecule has 1 N–H and O–H groups in total. The number of anilines is 1. The average Bonchev–Trinajstić information content (AvgIpc) is 2.57. The Balaban J connectivity index is 2.21. The third-order valence-corrected chi connectivity index (χ3v) is 4.86. The molecule has 144 valence electrons. The number of carbonyl (C=O) groups is 1. The number of carbonyl (C=O) groups excluding carboxylic acids is 1. The van der Waals surface area contributed by atoms with Crippen LogP contribution in [-0.4, -0.2) is 32.0 Å². The first kappa shape index (κ1) is 20.3. The molecule has 27 heavy (non-hydrogen) atoms. The van der Waals surface area contributed by atoms with E-state index in [2.05, 4.69) is 5.32 Å². The highest BCUT2D eigenvalue weighted by molar-refractivity contribution is 7.92. The zero-order chi connectivity index (χ0) is 20.2. The number of hydrogen-bond donors (Lipinski definition) is 1. The SMILES string of the molecule is Cc1ccc([N+](=O)[O-])cc1N(CC(=O)NCc1cccc(F)c1)S(C)(=O)=O. The van der Waals surface area contributed by atoms with E-state index < -0.39 is 33.2 Å². The summed E-state index contributed by atoms with van der Waals surface area (Å²) < 4.78 is 38.3. The summed E-state index contributed by atoms with van der Waals surface area (Å²) in [6, 6.07) is 9.39. The fourth-order valence-corrected chi connectivity index (χ4v) is 3.30. The summed E-state index contributed by atoms with van der Waals surface area (Å²) >= 11 is 0. The number of amides is 1. The Kier molecular flexibility index (Phi) is 6.11. The van der Waals surface area contributed by atoms with Crippen molar-refractivity contribution in [1.82, 2.24) is 5.32 Å². The lowest BCUT2D eigenvalue weighted by molar-refractivity contribution is -0.384. The highest BCUT2D eigenvalue weighted by Gasteiger charge is 2.24. The van der Waals surface area contributed by atoms with Crippen molar-refractivity contribution in [3.8, 4) is 0 Å². The number of rotatable bonds is 7. The van der Waals surface area contributed by atoms with E-state index >= 15 is 0 Å². The quantitative estimate of drug-likeness (QED) is 0.570. The Morgan fingerprint density at radius 2 is 1.96 bits per heavy atom. The minimum Gasteiger partial charge on any atom is -0.350 e. The largest absolute Gasteiger partial charge is 0.350 e. The van der Waals surface area contributed by atoms with Crippen LogP contribution in [-0.2, 0) is 21.4 Å². The summed E-state index contributed by atoms with van der Waals surface area (Å²) in [6.07, 6.45) is 0.908. The molecule has 0 heterocycles. The van der Waals surface area contributed by atoms with Crippen molar-refractivity contribution < 1.29 is 22.5 Å². The molecule has 0 fully saturated rings. The van der Waals surface area contributed by atoms with Crippen LogP contribution in [0.3, 0.4) is 0 Å². The zero-order valence-electron chi connectivity index (χ0n) is 14.7. The van der Waals surface area contributed by atoms with Crippen LogP contribution in [0.4, 0.5) is 15.8 Å². The lowest BCUT2D eigenvalue weighted by atomic mass is 10.2. The minimum atomic E-state index is -3.88. The first-order valence-electron chi connectivity index (χ1n) is 7.82. The molecule has 1 amide bonds. The average molecular weight is 395 g/mol. The maximum atomic E-state index is 13.2. The molecular weight excluding hydrogens is 377 g/mol. The predicted octanol–water partition coefficient (Wildman–Crippen LogP) is 2.12. The Hall–Kier alpha value is -3.01. The van der Waals surface area contributed by atoms with Crippen molar-refractivity contribution in [2.45, 2.75) is 13.5 Å². The second kappa shape index (κ2) is 8.12. The van der Waals surface area contributed by atoms with Gasteiger partial charge in [-0.25, -0.2) is 12.8 Å². The van der Waals surface area contributed by atoms with E-state index in [4.69, 9.17) is 0 Å². The van der Waals surface area contributed by atoms with E-state index in [1.54, 1.807) is 13.0 Å². The summed E-state index contributed by atoms with van der Waals surface area (Å²) in [6.45, 7) is 1.04. The third kappa shape index (κ3) is 5.48. The molecule has 0 atom stereocenters. The van der Waals surface area contributed by atoms with Gasteiger partial charge in [-0.1, -0.05) is 18.2 Å². The fraction of sp³-hybridized carbons (Fsp3) is 0.235. The molecule has 0 saturated carbocycles. The number of hydrogen-bond acceptors (Lipinski definition) is 5. The van der Waals surface area contributed by atoms with Crippen molar-refractivity contribution in [3.05, 3.63) is 69.5 Å². The van der Waals surface area contributed by atoms with Gasteiger partial charge in [0.2, 0.25) is 15.9 Å². The second-order valence-corrected chi connectivity index (χ2v) is 7.81. The molecule has 0 bridgehead atoms. The van der Waals surface area contributed by atoms with Crippen LogP contribution in [0.1, 0.15) is 11.1 Å². The molecule has 0 aliphatic rings. The number of aryl methyl sites for hydroxylation is 1. The Morgan fingerprint density at radius 3 is 2.56 bits per heavy atom. The van der Waals surface area contributed by atoms with Gasteiger partial charge >= 0.3 is 0 Å². The van der Waals surface area contributed by atoms with Gasteiger partial charge in [-0.15, -0.1) is 0 Å². The number of nitrogens with zero attached hydrogens (tertiary/aromatic N) is 2.